The Morgan fingerprint density at radius 2 is 1.93 bits per heavy atom. The summed E-state index contributed by atoms with van der Waals surface area (Å²) in [6.45, 7) is 2.30. The molecular weight excluding hydrogens is 398 g/mol. The Kier molecular flexibility index (Phi) is 4.89. The molecule has 0 radical (unpaired) electrons. The average molecular weight is 420 g/mol. The minimum absolute atomic E-state index is 0.0415. The third-order valence-corrected chi connectivity index (χ3v) is 7.36. The van der Waals surface area contributed by atoms with Crippen molar-refractivity contribution in [3.05, 3.63) is 80.4 Å². The van der Waals surface area contributed by atoms with Crippen molar-refractivity contribution in [3.8, 4) is 0 Å². The van der Waals surface area contributed by atoms with E-state index in [0.717, 1.165) is 18.6 Å². The van der Waals surface area contributed by atoms with Crippen LogP contribution in [0.2, 0.25) is 0 Å². The molecule has 0 saturated heterocycles. The van der Waals surface area contributed by atoms with E-state index in [1.165, 1.54) is 15.3 Å². The van der Waals surface area contributed by atoms with E-state index in [1.54, 1.807) is 52.2 Å². The van der Waals surface area contributed by atoms with Gasteiger partial charge in [-0.05, 0) is 65.4 Å². The summed E-state index contributed by atoms with van der Waals surface area (Å²) >= 11 is 3.44. The van der Waals surface area contributed by atoms with Gasteiger partial charge in [0.1, 0.15) is 0 Å². The predicted molar refractivity (Wildman–Crippen MR) is 119 cm³/mol. The summed E-state index contributed by atoms with van der Waals surface area (Å²) in [5, 5.41) is 10.8. The number of rotatable bonds is 3. The van der Waals surface area contributed by atoms with E-state index < -0.39 is 0 Å². The van der Waals surface area contributed by atoms with Gasteiger partial charge in [-0.25, -0.2) is 5.01 Å². The van der Waals surface area contributed by atoms with Crippen molar-refractivity contribution in [1.82, 2.24) is 9.99 Å². The zero-order valence-corrected chi connectivity index (χ0v) is 17.7. The fraction of sp³-hybridized carbons (Fsp3) is 0.261. The first-order chi connectivity index (χ1) is 14.2. The molecule has 1 aliphatic heterocycles. The highest BCUT2D eigenvalue weighted by atomic mass is 32.1. The molecular formula is C23H21N3OS2. The Balaban J connectivity index is 1.59. The topological polar surface area (TPSA) is 45.6 Å². The molecule has 0 aromatic carbocycles. The number of fused-ring (bicyclic) bond motifs is 1. The van der Waals surface area contributed by atoms with Crippen LogP contribution in [0.5, 0.6) is 0 Å². The van der Waals surface area contributed by atoms with E-state index in [9.17, 15) is 4.79 Å². The lowest BCUT2D eigenvalue weighted by atomic mass is 9.74. The van der Waals surface area contributed by atoms with Gasteiger partial charge in [0, 0.05) is 33.6 Å². The molecule has 3 aromatic rings. The van der Waals surface area contributed by atoms with Gasteiger partial charge in [-0.1, -0.05) is 19.1 Å². The van der Waals surface area contributed by atoms with Gasteiger partial charge in [0.15, 0.2) is 0 Å². The van der Waals surface area contributed by atoms with Gasteiger partial charge in [0.2, 0.25) is 0 Å². The molecule has 5 rings (SSSR count). The second kappa shape index (κ2) is 7.69. The highest BCUT2D eigenvalue weighted by Gasteiger charge is 2.45. The highest BCUT2D eigenvalue weighted by Crippen LogP contribution is 2.47. The van der Waals surface area contributed by atoms with Gasteiger partial charge in [0.05, 0.1) is 11.8 Å². The van der Waals surface area contributed by atoms with Crippen molar-refractivity contribution >= 4 is 40.4 Å². The molecule has 1 fully saturated rings. The normalized spacial score (nSPS) is 25.1. The smallest absolute Gasteiger partial charge is 0.267 e. The van der Waals surface area contributed by atoms with Gasteiger partial charge in [-0.15, -0.1) is 22.7 Å². The molecule has 3 unspecified atom stereocenters. The molecule has 4 nitrogen and oxygen atoms in total. The molecule has 4 heterocycles. The van der Waals surface area contributed by atoms with E-state index in [2.05, 4.69) is 53.0 Å². The molecule has 1 saturated carbocycles. The molecule has 3 aromatic heterocycles. The maximum atomic E-state index is 13.4. The lowest BCUT2D eigenvalue weighted by Gasteiger charge is -2.31. The number of nitrogens with zero attached hydrogens (tertiary/aromatic N) is 3. The molecule has 6 heteroatoms. The number of pyridine rings is 1. The summed E-state index contributed by atoms with van der Waals surface area (Å²) in [7, 11) is 0. The number of hydrogen-bond acceptors (Lipinski definition) is 5. The number of hydrogen-bond donors (Lipinski definition) is 0. The first-order valence-electron chi connectivity index (χ1n) is 9.80. The van der Waals surface area contributed by atoms with E-state index in [4.69, 9.17) is 5.10 Å². The number of carbonyl (C=O) groups is 1. The molecule has 146 valence electrons. The number of aromatic nitrogens is 1. The second-order valence-electron chi connectivity index (χ2n) is 7.67. The number of thiophene rings is 2. The van der Waals surface area contributed by atoms with Crippen molar-refractivity contribution in [1.29, 1.82) is 0 Å². The zero-order valence-electron chi connectivity index (χ0n) is 16.1. The maximum absolute atomic E-state index is 13.4. The van der Waals surface area contributed by atoms with E-state index in [1.807, 2.05) is 0 Å². The number of hydrazone groups is 1. The number of allylic oxidation sites excluding steroid dienone is 1. The summed E-state index contributed by atoms with van der Waals surface area (Å²) in [5.41, 5.74) is 2.97. The first kappa shape index (κ1) is 18.5. The Hall–Kier alpha value is -2.57. The van der Waals surface area contributed by atoms with Crippen LogP contribution in [0.25, 0.3) is 6.08 Å². The monoisotopic (exact) mass is 419 g/mol. The molecule has 1 aliphatic carbocycles. The molecule has 29 heavy (non-hydrogen) atoms. The molecule has 0 bridgehead atoms. The van der Waals surface area contributed by atoms with Gasteiger partial charge in [-0.2, -0.15) is 5.10 Å². The second-order valence-corrected chi connectivity index (χ2v) is 9.63. The van der Waals surface area contributed by atoms with Gasteiger partial charge in [0.25, 0.3) is 5.91 Å². The van der Waals surface area contributed by atoms with E-state index in [0.29, 0.717) is 11.5 Å². The third kappa shape index (κ3) is 3.47. The Labute approximate surface area is 178 Å². The molecule has 1 amide bonds. The van der Waals surface area contributed by atoms with E-state index in [-0.39, 0.29) is 17.9 Å². The van der Waals surface area contributed by atoms with E-state index >= 15 is 0 Å². The Morgan fingerprint density at radius 1 is 1.14 bits per heavy atom. The lowest BCUT2D eigenvalue weighted by Crippen LogP contribution is -2.32. The predicted octanol–water partition coefficient (Wildman–Crippen LogP) is 5.89. The van der Waals surface area contributed by atoms with Crippen molar-refractivity contribution in [2.45, 2.75) is 25.8 Å². The zero-order chi connectivity index (χ0) is 19.8. The SMILES string of the molecule is CC1CC(=Cc2cccs2)C2=NN(C(=O)c3ccncc3)C(c3cccs3)C2C1. The number of carbonyl (C=O) groups excluding carboxylic acids is 1. The average Bonchev–Trinajstić information content (AvgIpc) is 3.48. The van der Waals surface area contributed by atoms with Crippen LogP contribution in [-0.2, 0) is 0 Å². The van der Waals surface area contributed by atoms with Crippen LogP contribution >= 0.6 is 22.7 Å². The lowest BCUT2D eigenvalue weighted by molar-refractivity contribution is 0.0680. The fourth-order valence-electron chi connectivity index (χ4n) is 4.37. The summed E-state index contributed by atoms with van der Waals surface area (Å²) < 4.78 is 0. The van der Waals surface area contributed by atoms with Gasteiger partial charge >= 0.3 is 0 Å². The molecule has 0 spiro atoms. The largest absolute Gasteiger partial charge is 0.274 e. The third-order valence-electron chi connectivity index (χ3n) is 5.59. The molecule has 0 N–H and O–H groups in total. The van der Waals surface area contributed by atoms with Crippen LogP contribution in [0.4, 0.5) is 0 Å². The van der Waals surface area contributed by atoms with Crippen LogP contribution in [-0.4, -0.2) is 21.6 Å². The molecule has 2 aliphatic rings. The van der Waals surface area contributed by atoms with Gasteiger partial charge in [-0.3, -0.25) is 9.78 Å². The molecule has 3 atom stereocenters. The van der Waals surface area contributed by atoms with Crippen LogP contribution in [0, 0.1) is 11.8 Å². The number of amides is 1. The Bertz CT molecular complexity index is 1060. The highest BCUT2D eigenvalue weighted by molar-refractivity contribution is 7.11. The minimum Gasteiger partial charge on any atom is -0.267 e. The quantitative estimate of drug-likeness (QED) is 0.531. The van der Waals surface area contributed by atoms with Gasteiger partial charge < -0.3 is 0 Å². The van der Waals surface area contributed by atoms with Crippen LogP contribution in [0.1, 0.15) is 45.9 Å². The summed E-state index contributed by atoms with van der Waals surface area (Å²) in [5.74, 6) is 0.730. The first-order valence-corrected chi connectivity index (χ1v) is 11.6. The van der Waals surface area contributed by atoms with Crippen LogP contribution < -0.4 is 0 Å². The summed E-state index contributed by atoms with van der Waals surface area (Å²) in [4.78, 5) is 19.9. The van der Waals surface area contributed by atoms with Crippen LogP contribution in [0.3, 0.4) is 0 Å². The van der Waals surface area contributed by atoms with Crippen molar-refractivity contribution < 1.29 is 4.79 Å². The summed E-state index contributed by atoms with van der Waals surface area (Å²) in [6.07, 6.45) is 7.63. The standard InChI is InChI=1S/C23H21N3OS2/c1-15-12-17(14-18-4-2-10-28-18)21-19(13-15)22(20-5-3-11-29-20)26(25-21)23(27)16-6-8-24-9-7-16/h2-11,14-15,19,22H,12-13H2,1H3. The van der Waals surface area contributed by atoms with Crippen LogP contribution in [0.15, 0.2) is 70.2 Å². The summed E-state index contributed by atoms with van der Waals surface area (Å²) in [6, 6.07) is 11.9. The maximum Gasteiger partial charge on any atom is 0.274 e. The van der Waals surface area contributed by atoms with Crippen molar-refractivity contribution in [2.75, 3.05) is 0 Å². The fourth-order valence-corrected chi connectivity index (χ4v) is 5.92. The van der Waals surface area contributed by atoms with Crippen molar-refractivity contribution in [3.63, 3.8) is 0 Å². The Morgan fingerprint density at radius 3 is 2.66 bits per heavy atom. The van der Waals surface area contributed by atoms with Crippen molar-refractivity contribution in [2.24, 2.45) is 16.9 Å². The minimum atomic E-state index is -0.0594.